The minimum absolute atomic E-state index is 0.614. The van der Waals surface area contributed by atoms with Gasteiger partial charge in [0.15, 0.2) is 0 Å². The van der Waals surface area contributed by atoms with Crippen molar-refractivity contribution in [1.29, 1.82) is 0 Å². The summed E-state index contributed by atoms with van der Waals surface area (Å²) in [7, 11) is 0. The highest BCUT2D eigenvalue weighted by atomic mass is 19.4. The monoisotopic (exact) mass is 334 g/mol. The second-order valence-corrected chi connectivity index (χ2v) is 6.11. The second kappa shape index (κ2) is 7.36. The molecule has 0 aromatic heterocycles. The molecule has 2 nitrogen and oxygen atoms in total. The maximum Gasteiger partial charge on any atom is 0.390 e. The van der Waals surface area contributed by atoms with Crippen molar-refractivity contribution in [2.45, 2.75) is 18.6 Å². The first-order chi connectivity index (χ1) is 11.5. The van der Waals surface area contributed by atoms with E-state index in [9.17, 15) is 13.2 Å². The number of halogens is 3. The third kappa shape index (κ3) is 4.36. The molecule has 0 saturated carbocycles. The van der Waals surface area contributed by atoms with Gasteiger partial charge in [-0.05, 0) is 16.7 Å². The van der Waals surface area contributed by atoms with Crippen molar-refractivity contribution < 1.29 is 13.2 Å². The summed E-state index contributed by atoms with van der Waals surface area (Å²) in [4.78, 5) is 1.93. The molecule has 1 heterocycles. The molecule has 1 atom stereocenters. The van der Waals surface area contributed by atoms with E-state index in [1.54, 1.807) is 0 Å². The quantitative estimate of drug-likeness (QED) is 0.899. The zero-order valence-electron chi connectivity index (χ0n) is 13.4. The predicted molar refractivity (Wildman–Crippen MR) is 89.7 cm³/mol. The van der Waals surface area contributed by atoms with E-state index in [-0.39, 0.29) is 0 Å². The van der Waals surface area contributed by atoms with Crippen molar-refractivity contribution >= 4 is 0 Å². The van der Waals surface area contributed by atoms with Crippen LogP contribution in [0.1, 0.15) is 18.0 Å². The van der Waals surface area contributed by atoms with Gasteiger partial charge in [0.25, 0.3) is 0 Å². The van der Waals surface area contributed by atoms with Gasteiger partial charge in [-0.3, -0.25) is 4.90 Å². The zero-order valence-corrected chi connectivity index (χ0v) is 13.4. The Morgan fingerprint density at radius 1 is 0.875 bits per heavy atom. The van der Waals surface area contributed by atoms with E-state index in [0.29, 0.717) is 13.1 Å². The Balaban J connectivity index is 1.84. The first kappa shape index (κ1) is 17.0. The van der Waals surface area contributed by atoms with E-state index in [0.717, 1.165) is 29.8 Å². The van der Waals surface area contributed by atoms with Crippen molar-refractivity contribution in [3.05, 3.63) is 60.2 Å². The molecule has 0 unspecified atom stereocenters. The van der Waals surface area contributed by atoms with Gasteiger partial charge >= 0.3 is 6.18 Å². The van der Waals surface area contributed by atoms with Gasteiger partial charge in [-0.25, -0.2) is 0 Å². The first-order valence-electron chi connectivity index (χ1n) is 8.20. The lowest BCUT2D eigenvalue weighted by molar-refractivity contribution is -0.148. The van der Waals surface area contributed by atoms with Gasteiger partial charge in [0.2, 0.25) is 0 Å². The van der Waals surface area contributed by atoms with Crippen LogP contribution in [0.3, 0.4) is 0 Å². The van der Waals surface area contributed by atoms with Crippen molar-refractivity contribution in [3.63, 3.8) is 0 Å². The average Bonchev–Trinajstić information content (AvgIpc) is 2.61. The summed E-state index contributed by atoms with van der Waals surface area (Å²) < 4.78 is 39.1. The molecule has 128 valence electrons. The fourth-order valence-corrected chi connectivity index (χ4v) is 3.20. The van der Waals surface area contributed by atoms with Crippen LogP contribution in [0.2, 0.25) is 0 Å². The second-order valence-electron chi connectivity index (χ2n) is 6.11. The average molecular weight is 334 g/mol. The van der Waals surface area contributed by atoms with Crippen molar-refractivity contribution in [2.75, 3.05) is 26.2 Å². The molecule has 1 saturated heterocycles. The number of rotatable bonds is 4. The minimum atomic E-state index is -4.17. The molecule has 0 amide bonds. The van der Waals surface area contributed by atoms with Crippen molar-refractivity contribution in [1.82, 2.24) is 10.2 Å². The molecule has 0 bridgehead atoms. The van der Waals surface area contributed by atoms with Crippen LogP contribution in [0, 0.1) is 0 Å². The van der Waals surface area contributed by atoms with Crippen LogP contribution in [0.25, 0.3) is 11.1 Å². The molecule has 0 spiro atoms. The number of hydrogen-bond acceptors (Lipinski definition) is 2. The largest absolute Gasteiger partial charge is 0.390 e. The standard InChI is InChI=1S/C19H21F3N2/c20-19(21,22)14-18(24-12-10-23-11-13-24)17-8-6-16(7-9-17)15-4-2-1-3-5-15/h1-9,18,23H,10-14H2/t18-/m0/s1. The lowest BCUT2D eigenvalue weighted by Crippen LogP contribution is -2.46. The summed E-state index contributed by atoms with van der Waals surface area (Å²) in [5.41, 5.74) is 2.82. The Bertz CT molecular complexity index is 632. The lowest BCUT2D eigenvalue weighted by atomic mass is 9.97. The fourth-order valence-electron chi connectivity index (χ4n) is 3.20. The molecule has 2 aromatic carbocycles. The van der Waals surface area contributed by atoms with Crippen molar-refractivity contribution in [2.24, 2.45) is 0 Å². The highest BCUT2D eigenvalue weighted by Crippen LogP contribution is 2.34. The van der Waals surface area contributed by atoms with Gasteiger partial charge in [-0.2, -0.15) is 13.2 Å². The van der Waals surface area contributed by atoms with Gasteiger partial charge in [-0.15, -0.1) is 0 Å². The van der Waals surface area contributed by atoms with E-state index in [4.69, 9.17) is 0 Å². The maximum absolute atomic E-state index is 13.0. The molecule has 0 aliphatic carbocycles. The van der Waals surface area contributed by atoms with Gasteiger partial charge in [0.1, 0.15) is 0 Å². The molecule has 1 aliphatic heterocycles. The van der Waals surface area contributed by atoms with E-state index in [2.05, 4.69) is 5.32 Å². The zero-order chi connectivity index (χ0) is 17.0. The summed E-state index contributed by atoms with van der Waals surface area (Å²) in [6.45, 7) is 2.75. The molecular weight excluding hydrogens is 313 g/mol. The van der Waals surface area contributed by atoms with Crippen molar-refractivity contribution in [3.8, 4) is 11.1 Å². The number of alkyl halides is 3. The van der Waals surface area contributed by atoms with E-state index >= 15 is 0 Å². The first-order valence-corrected chi connectivity index (χ1v) is 8.20. The van der Waals surface area contributed by atoms with E-state index in [1.807, 2.05) is 59.5 Å². The number of piperazine rings is 1. The summed E-state index contributed by atoms with van der Waals surface area (Å²) >= 11 is 0. The molecule has 2 aromatic rings. The fraction of sp³-hybridized carbons (Fsp3) is 0.368. The normalized spacial score (nSPS) is 17.6. The highest BCUT2D eigenvalue weighted by Gasteiger charge is 2.35. The Hall–Kier alpha value is -1.85. The van der Waals surface area contributed by atoms with Crippen LogP contribution >= 0.6 is 0 Å². The van der Waals surface area contributed by atoms with Gasteiger partial charge in [-0.1, -0.05) is 54.6 Å². The third-order valence-corrected chi connectivity index (χ3v) is 4.42. The molecule has 0 radical (unpaired) electrons. The van der Waals surface area contributed by atoms with Gasteiger partial charge < -0.3 is 5.32 Å². The Kier molecular flexibility index (Phi) is 5.21. The highest BCUT2D eigenvalue weighted by molar-refractivity contribution is 5.63. The third-order valence-electron chi connectivity index (χ3n) is 4.42. The summed E-state index contributed by atoms with van der Waals surface area (Å²) in [5, 5.41) is 3.19. The number of nitrogens with one attached hydrogen (secondary N) is 1. The van der Waals surface area contributed by atoms with Crippen LogP contribution < -0.4 is 5.32 Å². The summed E-state index contributed by atoms with van der Waals surface area (Å²) in [6, 6.07) is 16.7. The Morgan fingerprint density at radius 2 is 1.46 bits per heavy atom. The molecular formula is C19H21F3N2. The molecule has 3 rings (SSSR count). The number of hydrogen-bond donors (Lipinski definition) is 1. The van der Waals surface area contributed by atoms with Crippen LogP contribution in [0.15, 0.2) is 54.6 Å². The topological polar surface area (TPSA) is 15.3 Å². The Labute approximate surface area is 140 Å². The van der Waals surface area contributed by atoms with Crippen LogP contribution in [0.4, 0.5) is 13.2 Å². The van der Waals surface area contributed by atoms with Crippen LogP contribution in [-0.2, 0) is 0 Å². The van der Waals surface area contributed by atoms with Crippen LogP contribution in [-0.4, -0.2) is 37.3 Å². The molecule has 5 heteroatoms. The van der Waals surface area contributed by atoms with Crippen LogP contribution in [0.5, 0.6) is 0 Å². The number of nitrogens with zero attached hydrogens (tertiary/aromatic N) is 1. The molecule has 24 heavy (non-hydrogen) atoms. The minimum Gasteiger partial charge on any atom is -0.314 e. The molecule has 1 N–H and O–H groups in total. The summed E-state index contributed by atoms with van der Waals surface area (Å²) in [5.74, 6) is 0. The van der Waals surface area contributed by atoms with E-state index in [1.165, 1.54) is 0 Å². The van der Waals surface area contributed by atoms with Gasteiger partial charge in [0.05, 0.1) is 6.42 Å². The molecule has 1 fully saturated rings. The molecule has 1 aliphatic rings. The predicted octanol–water partition coefficient (Wildman–Crippen LogP) is 4.25. The maximum atomic E-state index is 13.0. The van der Waals surface area contributed by atoms with Gasteiger partial charge in [0, 0.05) is 32.2 Å². The lowest BCUT2D eigenvalue weighted by Gasteiger charge is -2.35. The van der Waals surface area contributed by atoms with E-state index < -0.39 is 18.6 Å². The SMILES string of the molecule is FC(F)(F)C[C@@H](c1ccc(-c2ccccc2)cc1)N1CCNCC1. The summed E-state index contributed by atoms with van der Waals surface area (Å²) in [6.07, 6.45) is -4.98. The Morgan fingerprint density at radius 3 is 2.04 bits per heavy atom. The number of benzene rings is 2. The smallest absolute Gasteiger partial charge is 0.314 e.